The van der Waals surface area contributed by atoms with E-state index >= 15 is 0 Å². The topological polar surface area (TPSA) is 0 Å². The molecule has 0 radical (unpaired) electrons. The summed E-state index contributed by atoms with van der Waals surface area (Å²) in [5.41, 5.74) is 8.38. The quantitative estimate of drug-likeness (QED) is 0.490. The van der Waals surface area contributed by atoms with Gasteiger partial charge in [0.25, 0.3) is 0 Å². The Morgan fingerprint density at radius 3 is 1.35 bits per heavy atom. The third-order valence-electron chi connectivity index (χ3n) is 3.68. The van der Waals surface area contributed by atoms with E-state index in [-0.39, 0.29) is 0 Å². The summed E-state index contributed by atoms with van der Waals surface area (Å²) in [6.45, 7) is 8.71. The van der Waals surface area contributed by atoms with E-state index in [1.807, 2.05) is 21.6 Å². The van der Waals surface area contributed by atoms with E-state index in [0.29, 0.717) is 0 Å². The van der Waals surface area contributed by atoms with Crippen LogP contribution >= 0.6 is 21.6 Å². The molecule has 106 valence electrons. The first-order valence-corrected chi connectivity index (χ1v) is 9.42. The van der Waals surface area contributed by atoms with Crippen LogP contribution in [-0.2, 0) is 11.5 Å². The molecule has 20 heavy (non-hydrogen) atoms. The summed E-state index contributed by atoms with van der Waals surface area (Å²) in [5.74, 6) is 2.16. The molecule has 0 spiro atoms. The molecule has 0 nitrogen and oxygen atoms in total. The molecule has 0 heterocycles. The van der Waals surface area contributed by atoms with Gasteiger partial charge in [0.15, 0.2) is 0 Å². The molecule has 0 aliphatic rings. The Morgan fingerprint density at radius 1 is 0.600 bits per heavy atom. The van der Waals surface area contributed by atoms with Gasteiger partial charge in [-0.05, 0) is 61.1 Å². The Labute approximate surface area is 130 Å². The summed E-state index contributed by atoms with van der Waals surface area (Å²) in [4.78, 5) is 0. The van der Waals surface area contributed by atoms with Crippen molar-refractivity contribution in [2.75, 3.05) is 0 Å². The molecule has 2 heteroatoms. The molecule has 0 aliphatic heterocycles. The zero-order valence-corrected chi connectivity index (χ0v) is 14.3. The second kappa shape index (κ2) is 7.24. The van der Waals surface area contributed by atoms with E-state index in [9.17, 15) is 0 Å². The van der Waals surface area contributed by atoms with Gasteiger partial charge in [-0.15, -0.1) is 0 Å². The SMILES string of the molecule is Cc1ccc(CSSCc2ccc(C)c(C)c2)cc1C. The number of aryl methyl sites for hydroxylation is 4. The van der Waals surface area contributed by atoms with Crippen LogP contribution in [0.15, 0.2) is 36.4 Å². The molecule has 0 aliphatic carbocycles. The fraction of sp³-hybridized carbons (Fsp3) is 0.333. The molecule has 2 aromatic carbocycles. The molecule has 2 rings (SSSR count). The highest BCUT2D eigenvalue weighted by atomic mass is 33.1. The van der Waals surface area contributed by atoms with Gasteiger partial charge in [0.1, 0.15) is 0 Å². The first-order chi connectivity index (χ1) is 9.56. The van der Waals surface area contributed by atoms with Crippen molar-refractivity contribution in [3.05, 3.63) is 69.8 Å². The second-order valence-corrected chi connectivity index (χ2v) is 7.82. The molecule has 0 amide bonds. The van der Waals surface area contributed by atoms with Gasteiger partial charge in [0.05, 0.1) is 0 Å². The molecule has 0 fully saturated rings. The smallest absolute Gasteiger partial charge is 0.0288 e. The maximum absolute atomic E-state index is 2.30. The average Bonchev–Trinajstić information content (AvgIpc) is 2.42. The minimum absolute atomic E-state index is 1.08. The zero-order valence-electron chi connectivity index (χ0n) is 12.7. The van der Waals surface area contributed by atoms with Crippen LogP contribution in [0.25, 0.3) is 0 Å². The van der Waals surface area contributed by atoms with Crippen LogP contribution in [0.3, 0.4) is 0 Å². The van der Waals surface area contributed by atoms with Gasteiger partial charge in [-0.25, -0.2) is 0 Å². The molecular formula is C18H22S2. The summed E-state index contributed by atoms with van der Waals surface area (Å²) >= 11 is 0. The summed E-state index contributed by atoms with van der Waals surface area (Å²) in [6.07, 6.45) is 0. The fourth-order valence-electron chi connectivity index (χ4n) is 2.01. The van der Waals surface area contributed by atoms with Gasteiger partial charge < -0.3 is 0 Å². The minimum atomic E-state index is 1.08. The lowest BCUT2D eigenvalue weighted by atomic mass is 10.1. The molecule has 0 saturated heterocycles. The van der Waals surface area contributed by atoms with E-state index in [4.69, 9.17) is 0 Å². The van der Waals surface area contributed by atoms with Crippen LogP contribution in [0.5, 0.6) is 0 Å². The Hall–Kier alpha value is -0.860. The minimum Gasteiger partial charge on any atom is -0.0890 e. The van der Waals surface area contributed by atoms with Crippen molar-refractivity contribution in [3.63, 3.8) is 0 Å². The first kappa shape index (κ1) is 15.5. The lowest BCUT2D eigenvalue weighted by Gasteiger charge is -2.06. The number of benzene rings is 2. The molecule has 0 saturated carbocycles. The van der Waals surface area contributed by atoms with E-state index in [2.05, 4.69) is 64.1 Å². The summed E-state index contributed by atoms with van der Waals surface area (Å²) in [6, 6.07) is 13.5. The highest BCUT2D eigenvalue weighted by Gasteiger charge is 2.00. The highest BCUT2D eigenvalue weighted by molar-refractivity contribution is 8.76. The van der Waals surface area contributed by atoms with Crippen LogP contribution in [0, 0.1) is 27.7 Å². The summed E-state index contributed by atoms with van der Waals surface area (Å²) in [7, 11) is 3.88. The molecule has 0 atom stereocenters. The average molecular weight is 303 g/mol. The van der Waals surface area contributed by atoms with Gasteiger partial charge in [-0.3, -0.25) is 0 Å². The molecule has 0 unspecified atom stereocenters. The standard InChI is InChI=1S/C18H22S2/c1-13-5-7-17(9-15(13)3)11-19-20-12-18-8-6-14(2)16(4)10-18/h5-10H,11-12H2,1-4H3. The third kappa shape index (κ3) is 4.32. The fourth-order valence-corrected chi connectivity index (χ4v) is 4.12. The van der Waals surface area contributed by atoms with Gasteiger partial charge in [0, 0.05) is 11.5 Å². The summed E-state index contributed by atoms with van der Waals surface area (Å²) < 4.78 is 0. The lowest BCUT2D eigenvalue weighted by molar-refractivity contribution is 1.28. The van der Waals surface area contributed by atoms with Crippen LogP contribution in [0.2, 0.25) is 0 Å². The highest BCUT2D eigenvalue weighted by Crippen LogP contribution is 2.30. The third-order valence-corrected chi connectivity index (χ3v) is 5.95. The van der Waals surface area contributed by atoms with Gasteiger partial charge in [-0.1, -0.05) is 58.0 Å². The predicted octanol–water partition coefficient (Wildman–Crippen LogP) is 6.00. The normalized spacial score (nSPS) is 10.8. The largest absolute Gasteiger partial charge is 0.0890 e. The van der Waals surface area contributed by atoms with Crippen LogP contribution in [-0.4, -0.2) is 0 Å². The van der Waals surface area contributed by atoms with Crippen molar-refractivity contribution in [3.8, 4) is 0 Å². The van der Waals surface area contributed by atoms with Gasteiger partial charge in [-0.2, -0.15) is 0 Å². The monoisotopic (exact) mass is 302 g/mol. The lowest BCUT2D eigenvalue weighted by Crippen LogP contribution is -1.86. The van der Waals surface area contributed by atoms with Crippen molar-refractivity contribution in [2.24, 2.45) is 0 Å². The van der Waals surface area contributed by atoms with E-state index in [0.717, 1.165) is 11.5 Å². The number of hydrogen-bond acceptors (Lipinski definition) is 2. The van der Waals surface area contributed by atoms with Crippen LogP contribution in [0.4, 0.5) is 0 Å². The van der Waals surface area contributed by atoms with E-state index < -0.39 is 0 Å². The maximum atomic E-state index is 2.30. The van der Waals surface area contributed by atoms with Crippen LogP contribution in [0.1, 0.15) is 33.4 Å². The molecule has 0 N–H and O–H groups in total. The first-order valence-electron chi connectivity index (χ1n) is 6.93. The van der Waals surface area contributed by atoms with E-state index in [1.54, 1.807) is 0 Å². The Kier molecular flexibility index (Phi) is 5.62. The molecular weight excluding hydrogens is 280 g/mol. The second-order valence-electron chi connectivity index (χ2n) is 5.36. The van der Waals surface area contributed by atoms with Crippen molar-refractivity contribution in [2.45, 2.75) is 39.2 Å². The Balaban J connectivity index is 1.81. The number of hydrogen-bond donors (Lipinski definition) is 0. The Morgan fingerprint density at radius 2 is 1.00 bits per heavy atom. The Bertz CT molecular complexity index is 534. The molecule has 0 aromatic heterocycles. The van der Waals surface area contributed by atoms with Crippen LogP contribution < -0.4 is 0 Å². The molecule has 2 aromatic rings. The summed E-state index contributed by atoms with van der Waals surface area (Å²) in [5, 5.41) is 0. The van der Waals surface area contributed by atoms with Gasteiger partial charge in [0.2, 0.25) is 0 Å². The van der Waals surface area contributed by atoms with Crippen molar-refractivity contribution in [1.82, 2.24) is 0 Å². The molecule has 0 bridgehead atoms. The predicted molar refractivity (Wildman–Crippen MR) is 94.4 cm³/mol. The number of rotatable bonds is 5. The zero-order chi connectivity index (χ0) is 14.5. The van der Waals surface area contributed by atoms with Crippen molar-refractivity contribution in [1.29, 1.82) is 0 Å². The van der Waals surface area contributed by atoms with Crippen molar-refractivity contribution < 1.29 is 0 Å². The van der Waals surface area contributed by atoms with Gasteiger partial charge >= 0.3 is 0 Å². The van der Waals surface area contributed by atoms with E-state index in [1.165, 1.54) is 33.4 Å². The van der Waals surface area contributed by atoms with Crippen molar-refractivity contribution >= 4 is 21.6 Å². The maximum Gasteiger partial charge on any atom is 0.0288 e.